The van der Waals surface area contributed by atoms with Gasteiger partial charge in [0.2, 0.25) is 0 Å². The first-order valence-electron chi connectivity index (χ1n) is 6.92. The topological polar surface area (TPSA) is 38.0 Å². The molecule has 3 N–H and O–H groups in total. The third kappa shape index (κ3) is 4.29. The van der Waals surface area contributed by atoms with Gasteiger partial charge in [0.15, 0.2) is 0 Å². The van der Waals surface area contributed by atoms with Gasteiger partial charge in [-0.3, -0.25) is 0 Å². The second kappa shape index (κ2) is 6.58. The van der Waals surface area contributed by atoms with Crippen molar-refractivity contribution < 1.29 is 0 Å². The lowest BCUT2D eigenvalue weighted by Gasteiger charge is -2.16. The number of nitrogens with one attached hydrogen (secondary N) is 1. The lowest BCUT2D eigenvalue weighted by atomic mass is 10.0. The molecule has 0 heterocycles. The maximum absolute atomic E-state index is 5.85. The van der Waals surface area contributed by atoms with Gasteiger partial charge in [-0.1, -0.05) is 35.7 Å². The zero-order valence-corrected chi connectivity index (χ0v) is 12.7. The summed E-state index contributed by atoms with van der Waals surface area (Å²) in [6.45, 7) is 3.29. The molecule has 2 rings (SSSR count). The van der Waals surface area contributed by atoms with Crippen molar-refractivity contribution in [1.29, 1.82) is 0 Å². The van der Waals surface area contributed by atoms with E-state index in [1.54, 1.807) is 0 Å². The first kappa shape index (κ1) is 13.9. The first-order valence-corrected chi connectivity index (χ1v) is 7.71. The van der Waals surface area contributed by atoms with Gasteiger partial charge in [-0.15, -0.1) is 0 Å². The number of hydrogen-bond acceptors (Lipinski definition) is 2. The van der Waals surface area contributed by atoms with Crippen LogP contribution in [0.2, 0.25) is 0 Å². The summed E-state index contributed by atoms with van der Waals surface area (Å²) in [6.07, 6.45) is 6.73. The monoisotopic (exact) mass is 310 g/mol. The van der Waals surface area contributed by atoms with Gasteiger partial charge >= 0.3 is 0 Å². The van der Waals surface area contributed by atoms with E-state index in [1.165, 1.54) is 37.7 Å². The maximum atomic E-state index is 5.85. The summed E-state index contributed by atoms with van der Waals surface area (Å²) in [5.74, 6) is 0.901. The highest BCUT2D eigenvalue weighted by Crippen LogP contribution is 2.23. The molecule has 0 amide bonds. The SMILES string of the molecule is CC1CCCC(NCc2cc(N)cc(Br)c2)CC1. The minimum Gasteiger partial charge on any atom is -0.399 e. The molecule has 0 aliphatic heterocycles. The molecule has 2 atom stereocenters. The molecule has 0 radical (unpaired) electrons. The van der Waals surface area contributed by atoms with Crippen molar-refractivity contribution in [2.75, 3.05) is 5.73 Å². The van der Waals surface area contributed by atoms with E-state index in [2.05, 4.69) is 40.3 Å². The molecule has 1 fully saturated rings. The summed E-state index contributed by atoms with van der Waals surface area (Å²) >= 11 is 3.49. The third-order valence-corrected chi connectivity index (χ3v) is 4.29. The Morgan fingerprint density at radius 3 is 2.83 bits per heavy atom. The lowest BCUT2D eigenvalue weighted by molar-refractivity contribution is 0.447. The summed E-state index contributed by atoms with van der Waals surface area (Å²) in [5.41, 5.74) is 7.95. The van der Waals surface area contributed by atoms with Crippen LogP contribution in [-0.2, 0) is 6.54 Å². The summed E-state index contributed by atoms with van der Waals surface area (Å²) in [4.78, 5) is 0. The average molecular weight is 311 g/mol. The minimum absolute atomic E-state index is 0.676. The number of nitrogen functional groups attached to an aromatic ring is 1. The van der Waals surface area contributed by atoms with Crippen LogP contribution in [0.25, 0.3) is 0 Å². The van der Waals surface area contributed by atoms with Crippen LogP contribution in [0.3, 0.4) is 0 Å². The van der Waals surface area contributed by atoms with Crippen molar-refractivity contribution in [3.63, 3.8) is 0 Å². The minimum atomic E-state index is 0.676. The van der Waals surface area contributed by atoms with E-state index in [0.717, 1.165) is 22.6 Å². The summed E-state index contributed by atoms with van der Waals surface area (Å²) < 4.78 is 1.06. The Balaban J connectivity index is 1.86. The van der Waals surface area contributed by atoms with Crippen LogP contribution in [0.5, 0.6) is 0 Å². The Morgan fingerprint density at radius 1 is 1.22 bits per heavy atom. The van der Waals surface area contributed by atoms with Crippen molar-refractivity contribution in [3.8, 4) is 0 Å². The molecule has 1 aromatic rings. The van der Waals surface area contributed by atoms with E-state index >= 15 is 0 Å². The van der Waals surface area contributed by atoms with Gasteiger partial charge in [-0.05, 0) is 48.9 Å². The van der Waals surface area contributed by atoms with Crippen LogP contribution in [0.4, 0.5) is 5.69 Å². The van der Waals surface area contributed by atoms with Gasteiger partial charge in [-0.2, -0.15) is 0 Å². The molecule has 100 valence electrons. The highest BCUT2D eigenvalue weighted by atomic mass is 79.9. The van der Waals surface area contributed by atoms with E-state index in [1.807, 2.05) is 6.07 Å². The molecule has 0 bridgehead atoms. The summed E-state index contributed by atoms with van der Waals surface area (Å²) in [5, 5.41) is 3.68. The van der Waals surface area contributed by atoms with Crippen LogP contribution in [0, 0.1) is 5.92 Å². The zero-order valence-electron chi connectivity index (χ0n) is 11.1. The Morgan fingerprint density at radius 2 is 2.06 bits per heavy atom. The predicted octanol–water partition coefficient (Wildman–Crippen LogP) is 4.09. The molecule has 18 heavy (non-hydrogen) atoms. The van der Waals surface area contributed by atoms with Crippen molar-refractivity contribution in [2.45, 2.75) is 51.6 Å². The Bertz CT molecular complexity index is 372. The smallest absolute Gasteiger partial charge is 0.0328 e. The van der Waals surface area contributed by atoms with Crippen molar-refractivity contribution in [2.24, 2.45) is 5.92 Å². The van der Waals surface area contributed by atoms with Crippen molar-refractivity contribution in [3.05, 3.63) is 28.2 Å². The number of halogens is 1. The summed E-state index contributed by atoms with van der Waals surface area (Å²) in [6, 6.07) is 6.81. The third-order valence-electron chi connectivity index (χ3n) is 3.83. The fraction of sp³-hybridized carbons (Fsp3) is 0.600. The van der Waals surface area contributed by atoms with Crippen LogP contribution < -0.4 is 11.1 Å². The fourth-order valence-corrected chi connectivity index (χ4v) is 3.29. The van der Waals surface area contributed by atoms with Gasteiger partial charge < -0.3 is 11.1 Å². The standard InChI is InChI=1S/C15H23BrN2/c1-11-3-2-4-15(6-5-11)18-10-12-7-13(16)9-14(17)8-12/h7-9,11,15,18H,2-6,10,17H2,1H3. The van der Waals surface area contributed by atoms with Crippen LogP contribution in [0.15, 0.2) is 22.7 Å². The molecule has 1 saturated carbocycles. The molecule has 1 aliphatic rings. The van der Waals surface area contributed by atoms with Crippen LogP contribution in [-0.4, -0.2) is 6.04 Å². The van der Waals surface area contributed by atoms with Crippen molar-refractivity contribution >= 4 is 21.6 Å². The first-order chi connectivity index (χ1) is 8.63. The summed E-state index contributed by atoms with van der Waals surface area (Å²) in [7, 11) is 0. The van der Waals surface area contributed by atoms with E-state index < -0.39 is 0 Å². The van der Waals surface area contributed by atoms with Gasteiger partial charge in [-0.25, -0.2) is 0 Å². The number of anilines is 1. The molecular weight excluding hydrogens is 288 g/mol. The Hall–Kier alpha value is -0.540. The highest BCUT2D eigenvalue weighted by molar-refractivity contribution is 9.10. The number of hydrogen-bond donors (Lipinski definition) is 2. The van der Waals surface area contributed by atoms with Crippen molar-refractivity contribution in [1.82, 2.24) is 5.32 Å². The second-order valence-corrected chi connectivity index (χ2v) is 6.50. The highest BCUT2D eigenvalue weighted by Gasteiger charge is 2.15. The predicted molar refractivity (Wildman–Crippen MR) is 81.4 cm³/mol. The van der Waals surface area contributed by atoms with Crippen LogP contribution >= 0.6 is 15.9 Å². The van der Waals surface area contributed by atoms with Gasteiger partial charge in [0.05, 0.1) is 0 Å². The molecule has 0 saturated heterocycles. The number of benzene rings is 1. The van der Waals surface area contributed by atoms with E-state index in [-0.39, 0.29) is 0 Å². The zero-order chi connectivity index (χ0) is 13.0. The second-order valence-electron chi connectivity index (χ2n) is 5.58. The Labute approximate surface area is 118 Å². The average Bonchev–Trinajstić information content (AvgIpc) is 2.50. The molecule has 2 nitrogen and oxygen atoms in total. The quantitative estimate of drug-likeness (QED) is 0.652. The molecule has 3 heteroatoms. The fourth-order valence-electron chi connectivity index (χ4n) is 2.73. The number of nitrogens with two attached hydrogens (primary N) is 1. The molecule has 0 spiro atoms. The normalized spacial score (nSPS) is 24.8. The largest absolute Gasteiger partial charge is 0.399 e. The van der Waals surface area contributed by atoms with Crippen LogP contribution in [0.1, 0.15) is 44.6 Å². The van der Waals surface area contributed by atoms with E-state index in [4.69, 9.17) is 5.73 Å². The molecule has 1 aliphatic carbocycles. The number of rotatable bonds is 3. The van der Waals surface area contributed by atoms with Gasteiger partial charge in [0.1, 0.15) is 0 Å². The van der Waals surface area contributed by atoms with E-state index in [0.29, 0.717) is 6.04 Å². The Kier molecular flexibility index (Phi) is 5.07. The molecule has 2 unspecified atom stereocenters. The molecule has 1 aromatic carbocycles. The van der Waals surface area contributed by atoms with Gasteiger partial charge in [0, 0.05) is 22.7 Å². The molecular formula is C15H23BrN2. The van der Waals surface area contributed by atoms with Gasteiger partial charge in [0.25, 0.3) is 0 Å². The maximum Gasteiger partial charge on any atom is 0.0328 e. The lowest BCUT2D eigenvalue weighted by Crippen LogP contribution is -2.28. The molecule has 0 aromatic heterocycles. The van der Waals surface area contributed by atoms with E-state index in [9.17, 15) is 0 Å².